The van der Waals surface area contributed by atoms with E-state index in [2.05, 4.69) is 33.7 Å². The molecule has 1 saturated heterocycles. The van der Waals surface area contributed by atoms with Crippen LogP contribution < -0.4 is 15.5 Å². The molecule has 1 aromatic heterocycles. The van der Waals surface area contributed by atoms with Crippen molar-refractivity contribution in [1.82, 2.24) is 10.2 Å². The molecule has 0 spiro atoms. The third-order valence-electron chi connectivity index (χ3n) is 5.99. The highest BCUT2D eigenvalue weighted by molar-refractivity contribution is 6.04. The molecule has 1 aliphatic rings. The number of carbonyl (C=O) groups excluding carboxylic acids is 2. The van der Waals surface area contributed by atoms with Gasteiger partial charge in [-0.2, -0.15) is 0 Å². The number of benzene rings is 2. The van der Waals surface area contributed by atoms with Crippen molar-refractivity contribution in [2.45, 2.75) is 32.4 Å². The van der Waals surface area contributed by atoms with E-state index in [-0.39, 0.29) is 24.9 Å². The average Bonchev–Trinajstić information content (AvgIpc) is 3.37. The zero-order chi connectivity index (χ0) is 23.8. The summed E-state index contributed by atoms with van der Waals surface area (Å²) in [5, 5.41) is 5.73. The van der Waals surface area contributed by atoms with E-state index in [0.717, 1.165) is 13.1 Å². The summed E-state index contributed by atoms with van der Waals surface area (Å²) in [5.41, 5.74) is 3.39. The molecule has 1 fully saturated rings. The third-order valence-corrected chi connectivity index (χ3v) is 5.99. The number of anilines is 2. The number of nitrogens with one attached hydrogen (secondary N) is 2. The van der Waals surface area contributed by atoms with Gasteiger partial charge in [0.1, 0.15) is 5.76 Å². The van der Waals surface area contributed by atoms with E-state index in [1.807, 2.05) is 18.0 Å². The topological polar surface area (TPSA) is 77.8 Å². The van der Waals surface area contributed by atoms with Crippen LogP contribution in [0.5, 0.6) is 0 Å². The number of piperidine rings is 1. The van der Waals surface area contributed by atoms with Crippen LogP contribution in [0.3, 0.4) is 0 Å². The van der Waals surface area contributed by atoms with Crippen molar-refractivity contribution in [2.75, 3.05) is 36.9 Å². The molecule has 2 amide bonds. The molecule has 2 aromatic carbocycles. The number of rotatable bonds is 9. The Balaban J connectivity index is 1.35. The second kappa shape index (κ2) is 11.5. The standard InChI is InChI=1S/C27H32N4O3/c1-30(19-21-10-3-6-14-25(21)31-15-7-2-8-16-31)20-26(32)29-24-13-5-4-12-23(24)27(33)28-18-22-11-9-17-34-22/h3-6,9-14,17H,2,7-8,15-16,18-20H2,1H3,(H,28,33)(H,29,32). The first kappa shape index (κ1) is 23.6. The van der Waals surface area contributed by atoms with Crippen LogP contribution in [0.25, 0.3) is 0 Å². The van der Waals surface area contributed by atoms with Crippen LogP contribution in [0.1, 0.15) is 40.9 Å². The van der Waals surface area contributed by atoms with Gasteiger partial charge in [0.25, 0.3) is 5.91 Å². The van der Waals surface area contributed by atoms with Gasteiger partial charge in [-0.1, -0.05) is 30.3 Å². The van der Waals surface area contributed by atoms with Crippen molar-refractivity contribution < 1.29 is 14.0 Å². The van der Waals surface area contributed by atoms with Crippen LogP contribution in [-0.2, 0) is 17.9 Å². The molecule has 0 atom stereocenters. The highest BCUT2D eigenvalue weighted by Crippen LogP contribution is 2.25. The zero-order valence-electron chi connectivity index (χ0n) is 19.6. The Morgan fingerprint density at radius 1 is 0.971 bits per heavy atom. The minimum atomic E-state index is -0.267. The van der Waals surface area contributed by atoms with Gasteiger partial charge < -0.3 is 20.0 Å². The van der Waals surface area contributed by atoms with Gasteiger partial charge in [0.15, 0.2) is 0 Å². The lowest BCUT2D eigenvalue weighted by atomic mass is 10.1. The summed E-state index contributed by atoms with van der Waals surface area (Å²) in [7, 11) is 1.94. The van der Waals surface area contributed by atoms with Crippen LogP contribution in [-0.4, -0.2) is 43.4 Å². The van der Waals surface area contributed by atoms with E-state index in [1.54, 1.807) is 42.7 Å². The number of hydrogen-bond donors (Lipinski definition) is 2. The summed E-state index contributed by atoms with van der Waals surface area (Å²) in [6.07, 6.45) is 5.31. The summed E-state index contributed by atoms with van der Waals surface area (Å²) in [6, 6.07) is 19.0. The normalized spacial score (nSPS) is 13.6. The molecule has 178 valence electrons. The lowest BCUT2D eigenvalue weighted by molar-refractivity contribution is -0.117. The molecular formula is C27H32N4O3. The van der Waals surface area contributed by atoms with Crippen molar-refractivity contribution in [2.24, 2.45) is 0 Å². The van der Waals surface area contributed by atoms with Crippen molar-refractivity contribution in [3.8, 4) is 0 Å². The molecule has 7 nitrogen and oxygen atoms in total. The quantitative estimate of drug-likeness (QED) is 0.499. The van der Waals surface area contributed by atoms with Crippen molar-refractivity contribution in [1.29, 1.82) is 0 Å². The fourth-order valence-corrected chi connectivity index (χ4v) is 4.34. The lowest BCUT2D eigenvalue weighted by Crippen LogP contribution is -2.33. The van der Waals surface area contributed by atoms with E-state index in [4.69, 9.17) is 4.42 Å². The predicted molar refractivity (Wildman–Crippen MR) is 134 cm³/mol. The van der Waals surface area contributed by atoms with Gasteiger partial charge in [0, 0.05) is 25.3 Å². The molecule has 0 unspecified atom stereocenters. The van der Waals surface area contributed by atoms with E-state index in [9.17, 15) is 9.59 Å². The van der Waals surface area contributed by atoms with Crippen molar-refractivity contribution in [3.05, 3.63) is 83.8 Å². The Morgan fingerprint density at radius 3 is 2.53 bits per heavy atom. The summed E-state index contributed by atoms with van der Waals surface area (Å²) >= 11 is 0. The van der Waals surface area contributed by atoms with Gasteiger partial charge in [-0.05, 0) is 62.2 Å². The fourth-order valence-electron chi connectivity index (χ4n) is 4.34. The fraction of sp³-hybridized carbons (Fsp3) is 0.333. The van der Waals surface area contributed by atoms with Gasteiger partial charge in [-0.3, -0.25) is 14.5 Å². The largest absolute Gasteiger partial charge is 0.467 e. The van der Waals surface area contributed by atoms with Gasteiger partial charge in [-0.25, -0.2) is 0 Å². The number of nitrogens with zero attached hydrogens (tertiary/aromatic N) is 2. The lowest BCUT2D eigenvalue weighted by Gasteiger charge is -2.31. The SMILES string of the molecule is CN(CC(=O)Nc1ccccc1C(=O)NCc1ccco1)Cc1ccccc1N1CCCCC1. The van der Waals surface area contributed by atoms with E-state index in [0.29, 0.717) is 23.6 Å². The van der Waals surface area contributed by atoms with Crippen molar-refractivity contribution >= 4 is 23.2 Å². The van der Waals surface area contributed by atoms with E-state index >= 15 is 0 Å². The number of para-hydroxylation sites is 2. The number of amides is 2. The molecule has 0 bridgehead atoms. The Bertz CT molecular complexity index is 1090. The summed E-state index contributed by atoms with van der Waals surface area (Å²) in [4.78, 5) is 29.9. The number of hydrogen-bond acceptors (Lipinski definition) is 5. The maximum absolute atomic E-state index is 12.8. The molecule has 2 heterocycles. The molecule has 0 radical (unpaired) electrons. The second-order valence-corrected chi connectivity index (χ2v) is 8.70. The molecular weight excluding hydrogens is 428 g/mol. The predicted octanol–water partition coefficient (Wildman–Crippen LogP) is 4.27. The number of furan rings is 1. The average molecular weight is 461 g/mol. The second-order valence-electron chi connectivity index (χ2n) is 8.70. The van der Waals surface area contributed by atoms with Crippen molar-refractivity contribution in [3.63, 3.8) is 0 Å². The minimum Gasteiger partial charge on any atom is -0.467 e. The Hall–Kier alpha value is -3.58. The first-order valence-corrected chi connectivity index (χ1v) is 11.8. The Kier molecular flexibility index (Phi) is 7.99. The third kappa shape index (κ3) is 6.26. The molecule has 34 heavy (non-hydrogen) atoms. The minimum absolute atomic E-state index is 0.163. The molecule has 0 aliphatic carbocycles. The monoisotopic (exact) mass is 460 g/mol. The van der Waals surface area contributed by atoms with E-state index < -0.39 is 0 Å². The molecule has 4 rings (SSSR count). The first-order chi connectivity index (χ1) is 16.6. The van der Waals surface area contributed by atoms with Gasteiger partial charge in [-0.15, -0.1) is 0 Å². The van der Waals surface area contributed by atoms with Gasteiger partial charge in [0.2, 0.25) is 5.91 Å². The van der Waals surface area contributed by atoms with Crippen LogP contribution in [0, 0.1) is 0 Å². The van der Waals surface area contributed by atoms with Crippen LogP contribution >= 0.6 is 0 Å². The molecule has 0 saturated carbocycles. The maximum Gasteiger partial charge on any atom is 0.253 e. The molecule has 7 heteroatoms. The molecule has 1 aliphatic heterocycles. The highest BCUT2D eigenvalue weighted by Gasteiger charge is 2.17. The summed E-state index contributed by atoms with van der Waals surface area (Å²) in [6.45, 7) is 3.34. The van der Waals surface area contributed by atoms with Gasteiger partial charge >= 0.3 is 0 Å². The van der Waals surface area contributed by atoms with Crippen LogP contribution in [0.4, 0.5) is 11.4 Å². The van der Waals surface area contributed by atoms with Crippen LogP contribution in [0.15, 0.2) is 71.3 Å². The van der Waals surface area contributed by atoms with E-state index in [1.165, 1.54) is 30.5 Å². The number of likely N-dealkylation sites (N-methyl/N-ethyl adjacent to an activating group) is 1. The maximum atomic E-state index is 12.8. The Morgan fingerprint density at radius 2 is 1.74 bits per heavy atom. The molecule has 2 N–H and O–H groups in total. The van der Waals surface area contributed by atoms with Crippen LogP contribution in [0.2, 0.25) is 0 Å². The molecule has 3 aromatic rings. The number of carbonyl (C=O) groups is 2. The highest BCUT2D eigenvalue weighted by atomic mass is 16.3. The summed E-state index contributed by atoms with van der Waals surface area (Å²) < 4.78 is 5.26. The smallest absolute Gasteiger partial charge is 0.253 e. The first-order valence-electron chi connectivity index (χ1n) is 11.8. The Labute approximate surface area is 200 Å². The summed E-state index contributed by atoms with van der Waals surface area (Å²) in [5.74, 6) is 0.238. The zero-order valence-corrected chi connectivity index (χ0v) is 19.6. The van der Waals surface area contributed by atoms with Gasteiger partial charge in [0.05, 0.1) is 30.6 Å².